The molecule has 14 aromatic rings. The Bertz CT molecular complexity index is 5040. The third kappa shape index (κ3) is 8.25. The van der Waals surface area contributed by atoms with Crippen molar-refractivity contribution >= 4 is 99.5 Å². The van der Waals surface area contributed by atoms with Gasteiger partial charge in [-0.15, -0.1) is 0 Å². The number of para-hydroxylation sites is 2. The average molecular weight is 1160 g/mol. The van der Waals surface area contributed by atoms with Crippen LogP contribution in [-0.2, 0) is 27.1 Å². The Morgan fingerprint density at radius 3 is 1.18 bits per heavy atom. The number of nitrogens with zero attached hydrogens (tertiary/aromatic N) is 2. The molecule has 89 heavy (non-hydrogen) atoms. The third-order valence-corrected chi connectivity index (χ3v) is 19.7. The molecule has 4 nitrogen and oxygen atoms in total. The van der Waals surface area contributed by atoms with Crippen LogP contribution in [0.4, 0.5) is 34.1 Å². The normalized spacial score (nSPS) is 13.7. The zero-order valence-electron chi connectivity index (χ0n) is 53.2. The molecule has 0 fully saturated rings. The highest BCUT2D eigenvalue weighted by molar-refractivity contribution is 6.29. The van der Waals surface area contributed by atoms with Crippen molar-refractivity contribution in [1.29, 1.82) is 0 Å². The summed E-state index contributed by atoms with van der Waals surface area (Å²) in [6, 6.07) is 87.1. The van der Waals surface area contributed by atoms with E-state index in [1.165, 1.54) is 66.6 Å². The highest BCUT2D eigenvalue weighted by Crippen LogP contribution is 2.67. The van der Waals surface area contributed by atoms with Crippen molar-refractivity contribution in [3.05, 3.63) is 275 Å². The maximum atomic E-state index is 7.52. The molecule has 0 radical (unpaired) electrons. The van der Waals surface area contributed by atoms with Gasteiger partial charge in [0.2, 0.25) is 0 Å². The predicted octanol–water partition coefficient (Wildman–Crippen LogP) is 24.3. The lowest BCUT2D eigenvalue weighted by atomic mass is 9.69. The van der Waals surface area contributed by atoms with Gasteiger partial charge in [0.15, 0.2) is 5.58 Å². The van der Waals surface area contributed by atoms with Gasteiger partial charge in [0.25, 0.3) is 0 Å². The van der Waals surface area contributed by atoms with Crippen LogP contribution in [0, 0.1) is 0 Å². The van der Waals surface area contributed by atoms with Gasteiger partial charge in [-0.05, 0) is 195 Å². The van der Waals surface area contributed by atoms with Crippen LogP contribution < -0.4 is 9.80 Å². The third-order valence-electron chi connectivity index (χ3n) is 19.7. The zero-order valence-corrected chi connectivity index (χ0v) is 53.2. The van der Waals surface area contributed by atoms with Gasteiger partial charge < -0.3 is 18.6 Å². The highest BCUT2D eigenvalue weighted by Gasteiger charge is 2.54. The quantitative estimate of drug-likeness (QED) is 0.166. The standard InChI is InChI=1S/C85H74N2O2/c1-81(2,3)52-29-37-56(38-30-52)86(57-39-31-53(32-40-57)82(4,5)6)60-45-46-63-67(49-60)76-65-24-16-20-28-74(65)89-80(76)77-68-50-66-51(47-71(68)85(78(63)77)69-25-17-13-21-61(69)62-22-14-18-26-70(62)85)48-72(79-75(66)64-23-15-19-27-73(64)88-79)87(58-41-33-54(34-42-58)83(7,8)9)59-43-35-55(36-44-59)84(10,11)12/h13-50H,1-12H3. The van der Waals surface area contributed by atoms with Crippen molar-refractivity contribution in [3.8, 4) is 22.3 Å². The van der Waals surface area contributed by atoms with Crippen LogP contribution in [0.5, 0.6) is 0 Å². The van der Waals surface area contributed by atoms with Crippen molar-refractivity contribution in [2.75, 3.05) is 9.80 Å². The fourth-order valence-electron chi connectivity index (χ4n) is 15.1. The number of fused-ring (bicyclic) bond motifs is 22. The Labute approximate surface area is 522 Å². The first-order chi connectivity index (χ1) is 42.7. The summed E-state index contributed by atoms with van der Waals surface area (Å²) in [6.07, 6.45) is 0. The number of hydrogen-bond acceptors (Lipinski definition) is 4. The summed E-state index contributed by atoms with van der Waals surface area (Å²) in [7, 11) is 0. The fraction of sp³-hybridized carbons (Fsp3) is 0.200. The zero-order chi connectivity index (χ0) is 61.3. The lowest BCUT2D eigenvalue weighted by Crippen LogP contribution is -2.26. The Morgan fingerprint density at radius 2 is 0.708 bits per heavy atom. The van der Waals surface area contributed by atoms with Gasteiger partial charge >= 0.3 is 0 Å². The molecule has 0 aliphatic heterocycles. The first-order valence-electron chi connectivity index (χ1n) is 31.7. The molecule has 2 aliphatic rings. The van der Waals surface area contributed by atoms with E-state index in [9.17, 15) is 0 Å². The molecule has 0 saturated carbocycles. The van der Waals surface area contributed by atoms with Gasteiger partial charge in [-0.1, -0.05) is 223 Å². The SMILES string of the molecule is CC(C)(C)c1ccc(N(c2ccc(C(C)(C)C)cc2)c2ccc3c4c(c5oc6ccccc6c5c3c2)-c2cc3c(cc2C42c4ccccc4-c4ccccc42)cc(N(c2ccc(C(C)(C)C)cc2)c2ccc(C(C)(C)C)cc2)c2oc4ccccc4c23)cc1. The molecule has 0 amide bonds. The summed E-state index contributed by atoms with van der Waals surface area (Å²) < 4.78 is 14.8. The van der Waals surface area contributed by atoms with E-state index in [1.807, 2.05) is 0 Å². The Balaban J connectivity index is 1.02. The second kappa shape index (κ2) is 19.2. The number of anilines is 6. The molecule has 0 unspecified atom stereocenters. The van der Waals surface area contributed by atoms with Crippen LogP contribution in [0.1, 0.15) is 128 Å². The topological polar surface area (TPSA) is 32.8 Å². The van der Waals surface area contributed by atoms with E-state index in [0.29, 0.717) is 0 Å². The van der Waals surface area contributed by atoms with Crippen molar-refractivity contribution in [2.45, 2.75) is 110 Å². The molecule has 0 atom stereocenters. The summed E-state index contributed by atoms with van der Waals surface area (Å²) in [5.74, 6) is 0. The summed E-state index contributed by atoms with van der Waals surface area (Å²) in [5.41, 5.74) is 24.1. The maximum absolute atomic E-state index is 7.52. The predicted molar refractivity (Wildman–Crippen MR) is 376 cm³/mol. The minimum Gasteiger partial charge on any atom is -0.455 e. The van der Waals surface area contributed by atoms with Crippen LogP contribution in [0.2, 0.25) is 0 Å². The molecule has 0 bridgehead atoms. The molecule has 0 N–H and O–H groups in total. The van der Waals surface area contributed by atoms with Gasteiger partial charge in [-0.25, -0.2) is 0 Å². The molecule has 4 heteroatoms. The van der Waals surface area contributed by atoms with Gasteiger partial charge in [0.05, 0.1) is 11.1 Å². The van der Waals surface area contributed by atoms with E-state index in [1.54, 1.807) is 0 Å². The Morgan fingerprint density at radius 1 is 0.303 bits per heavy atom. The number of benzene rings is 12. The number of rotatable bonds is 6. The monoisotopic (exact) mass is 1150 g/mol. The van der Waals surface area contributed by atoms with E-state index < -0.39 is 5.41 Å². The maximum Gasteiger partial charge on any atom is 0.160 e. The Kier molecular flexibility index (Phi) is 11.8. The second-order valence-corrected chi connectivity index (χ2v) is 29.3. The van der Waals surface area contributed by atoms with Crippen LogP contribution in [0.25, 0.3) is 87.7 Å². The van der Waals surface area contributed by atoms with Crippen LogP contribution in [0.15, 0.2) is 239 Å². The highest BCUT2D eigenvalue weighted by atomic mass is 16.3. The van der Waals surface area contributed by atoms with E-state index in [-0.39, 0.29) is 21.7 Å². The molecular formula is C85H74N2O2. The molecule has 12 aromatic carbocycles. The summed E-state index contributed by atoms with van der Waals surface area (Å²) >= 11 is 0. The first-order valence-corrected chi connectivity index (χ1v) is 31.7. The minimum absolute atomic E-state index is 0.00460. The largest absolute Gasteiger partial charge is 0.455 e. The molecule has 2 aliphatic carbocycles. The van der Waals surface area contributed by atoms with Crippen molar-refractivity contribution in [3.63, 3.8) is 0 Å². The van der Waals surface area contributed by atoms with Crippen molar-refractivity contribution < 1.29 is 8.83 Å². The summed E-state index contributed by atoms with van der Waals surface area (Å²) in [6.45, 7) is 27.4. The molecule has 1 spiro atoms. The molecular weight excluding hydrogens is 1080 g/mol. The van der Waals surface area contributed by atoms with Crippen LogP contribution in [-0.4, -0.2) is 0 Å². The number of hydrogen-bond donors (Lipinski definition) is 0. The van der Waals surface area contributed by atoms with Gasteiger partial charge in [0, 0.05) is 55.5 Å². The fourth-order valence-corrected chi connectivity index (χ4v) is 15.1. The van der Waals surface area contributed by atoms with E-state index in [4.69, 9.17) is 8.83 Å². The van der Waals surface area contributed by atoms with Crippen LogP contribution in [0.3, 0.4) is 0 Å². The molecule has 0 saturated heterocycles. The van der Waals surface area contributed by atoms with Crippen molar-refractivity contribution in [2.24, 2.45) is 0 Å². The van der Waals surface area contributed by atoms with Gasteiger partial charge in [-0.2, -0.15) is 0 Å². The molecule has 2 heterocycles. The van der Waals surface area contributed by atoms with Crippen molar-refractivity contribution in [1.82, 2.24) is 0 Å². The lowest BCUT2D eigenvalue weighted by molar-refractivity contribution is 0.590. The summed E-state index contributed by atoms with van der Waals surface area (Å²) in [4.78, 5) is 4.86. The average Bonchev–Trinajstić information content (AvgIpc) is 1.49. The van der Waals surface area contributed by atoms with E-state index in [2.05, 4.69) is 323 Å². The number of furan rings is 2. The first kappa shape index (κ1) is 54.7. The van der Waals surface area contributed by atoms with Gasteiger partial charge in [0.1, 0.15) is 16.7 Å². The summed E-state index contributed by atoms with van der Waals surface area (Å²) in [5, 5.41) is 8.99. The van der Waals surface area contributed by atoms with Crippen LogP contribution >= 0.6 is 0 Å². The second-order valence-electron chi connectivity index (χ2n) is 29.3. The van der Waals surface area contributed by atoms with E-state index in [0.717, 1.165) is 99.7 Å². The van der Waals surface area contributed by atoms with Gasteiger partial charge in [-0.3, -0.25) is 0 Å². The van der Waals surface area contributed by atoms with E-state index >= 15 is 0 Å². The smallest absolute Gasteiger partial charge is 0.160 e. The molecule has 2 aromatic heterocycles. The molecule has 16 rings (SSSR count). The lowest BCUT2D eigenvalue weighted by Gasteiger charge is -2.32. The molecule has 436 valence electrons. The Hall–Kier alpha value is -9.64. The minimum atomic E-state index is -0.747.